The average Bonchev–Trinajstić information content (AvgIpc) is 3.86. The van der Waals surface area contributed by atoms with Crippen molar-refractivity contribution in [1.29, 1.82) is 0 Å². The standard InChI is InChI=1S/C38H39FN8O2S/c1-38(2,3)33-21-35(47(44-33)27-11-8-9-25(19-27)23-45-17-6-7-18-45)41-37(49)40-22-26-10-4-5-12-32(26)50-29-14-16-34-42-43-36(46(34)24-29)30-20-28(48)13-15-31(30)39/h4-5,8-16,19-21,24,48H,6-7,17-18,22-23H2,1-3H3,(H2,40,41,49). The van der Waals surface area contributed by atoms with Crippen molar-refractivity contribution in [2.24, 2.45) is 0 Å². The largest absolute Gasteiger partial charge is 0.508 e. The first-order valence-electron chi connectivity index (χ1n) is 16.7. The summed E-state index contributed by atoms with van der Waals surface area (Å²) in [7, 11) is 0. The molecule has 0 saturated carbocycles. The number of phenolic OH excluding ortho intramolecular Hbond substituents is 1. The molecule has 0 aliphatic carbocycles. The van der Waals surface area contributed by atoms with E-state index in [0.717, 1.165) is 46.4 Å². The molecule has 1 fully saturated rings. The van der Waals surface area contributed by atoms with Crippen LogP contribution >= 0.6 is 11.8 Å². The Bertz CT molecular complexity index is 2170. The number of hydrogen-bond donors (Lipinski definition) is 3. The number of aromatic hydroxyl groups is 1. The summed E-state index contributed by atoms with van der Waals surface area (Å²) in [4.78, 5) is 17.7. The van der Waals surface area contributed by atoms with Crippen molar-refractivity contribution in [2.75, 3.05) is 18.4 Å². The van der Waals surface area contributed by atoms with E-state index in [1.165, 1.54) is 48.4 Å². The predicted octanol–water partition coefficient (Wildman–Crippen LogP) is 7.79. The van der Waals surface area contributed by atoms with Gasteiger partial charge in [0.15, 0.2) is 11.5 Å². The highest BCUT2D eigenvalue weighted by Gasteiger charge is 2.22. The van der Waals surface area contributed by atoms with E-state index in [1.807, 2.05) is 65.5 Å². The maximum absolute atomic E-state index is 14.7. The van der Waals surface area contributed by atoms with Gasteiger partial charge in [-0.2, -0.15) is 5.10 Å². The van der Waals surface area contributed by atoms with Crippen LogP contribution < -0.4 is 10.6 Å². The molecule has 6 aromatic rings. The highest BCUT2D eigenvalue weighted by Crippen LogP contribution is 2.33. The molecule has 0 bridgehead atoms. The number of aromatic nitrogens is 5. The third-order valence-electron chi connectivity index (χ3n) is 8.69. The number of anilines is 1. The molecule has 50 heavy (non-hydrogen) atoms. The van der Waals surface area contributed by atoms with Crippen LogP contribution in [0.15, 0.2) is 101 Å². The van der Waals surface area contributed by atoms with Crippen molar-refractivity contribution in [3.05, 3.63) is 114 Å². The van der Waals surface area contributed by atoms with E-state index in [1.54, 1.807) is 4.40 Å². The number of urea groups is 1. The highest BCUT2D eigenvalue weighted by atomic mass is 32.2. The number of benzene rings is 3. The van der Waals surface area contributed by atoms with Crippen LogP contribution in [0.5, 0.6) is 5.75 Å². The maximum Gasteiger partial charge on any atom is 0.320 e. The van der Waals surface area contributed by atoms with Crippen molar-refractivity contribution in [2.45, 2.75) is 61.9 Å². The zero-order valence-electron chi connectivity index (χ0n) is 28.2. The van der Waals surface area contributed by atoms with Gasteiger partial charge in [0.1, 0.15) is 17.4 Å². The number of nitrogens with one attached hydrogen (secondary N) is 2. The van der Waals surface area contributed by atoms with Gasteiger partial charge in [0.2, 0.25) is 0 Å². The van der Waals surface area contributed by atoms with Gasteiger partial charge in [0, 0.05) is 40.6 Å². The average molecular weight is 691 g/mol. The number of hydrogen-bond acceptors (Lipinski definition) is 7. The molecule has 1 aliphatic heterocycles. The first-order valence-corrected chi connectivity index (χ1v) is 17.5. The minimum atomic E-state index is -0.506. The Balaban J connectivity index is 1.08. The van der Waals surface area contributed by atoms with Crippen molar-refractivity contribution in [1.82, 2.24) is 34.6 Å². The van der Waals surface area contributed by atoms with Gasteiger partial charge in [-0.3, -0.25) is 14.6 Å². The van der Waals surface area contributed by atoms with Crippen LogP contribution in [0.3, 0.4) is 0 Å². The van der Waals surface area contributed by atoms with Gasteiger partial charge in [0.25, 0.3) is 0 Å². The predicted molar refractivity (Wildman–Crippen MR) is 193 cm³/mol. The SMILES string of the molecule is CC(C)(C)c1cc(NC(=O)NCc2ccccc2Sc2ccc3nnc(-c4cc(O)ccc4F)n3c2)n(-c2cccc(CN3CCCC3)c2)n1. The third kappa shape index (κ3) is 7.36. The van der Waals surface area contributed by atoms with Crippen molar-refractivity contribution in [3.8, 4) is 22.8 Å². The molecule has 0 atom stereocenters. The molecule has 10 nitrogen and oxygen atoms in total. The van der Waals surface area contributed by atoms with Crippen LogP contribution in [-0.4, -0.2) is 53.5 Å². The van der Waals surface area contributed by atoms with Crippen molar-refractivity contribution >= 4 is 29.3 Å². The molecule has 4 heterocycles. The number of halogens is 1. The van der Waals surface area contributed by atoms with Gasteiger partial charge in [0.05, 0.1) is 16.9 Å². The summed E-state index contributed by atoms with van der Waals surface area (Å²) >= 11 is 1.51. The summed E-state index contributed by atoms with van der Waals surface area (Å²) in [6.45, 7) is 9.74. The van der Waals surface area contributed by atoms with Crippen LogP contribution in [-0.2, 0) is 18.5 Å². The van der Waals surface area contributed by atoms with Gasteiger partial charge < -0.3 is 10.4 Å². The van der Waals surface area contributed by atoms with E-state index in [9.17, 15) is 14.3 Å². The smallest absolute Gasteiger partial charge is 0.320 e. The Morgan fingerprint density at radius 2 is 1.78 bits per heavy atom. The van der Waals surface area contributed by atoms with Gasteiger partial charge in [-0.1, -0.05) is 62.9 Å². The second-order valence-electron chi connectivity index (χ2n) is 13.5. The summed E-state index contributed by atoms with van der Waals surface area (Å²) in [6.07, 6.45) is 4.32. The molecule has 0 spiro atoms. The molecule has 1 saturated heterocycles. The number of pyridine rings is 1. The minimum Gasteiger partial charge on any atom is -0.508 e. The zero-order valence-corrected chi connectivity index (χ0v) is 29.0. The molecule has 3 aromatic carbocycles. The molecule has 3 N–H and O–H groups in total. The molecule has 12 heteroatoms. The molecule has 7 rings (SSSR count). The second-order valence-corrected chi connectivity index (χ2v) is 14.6. The number of carbonyl (C=O) groups is 1. The van der Waals surface area contributed by atoms with E-state index in [-0.39, 0.29) is 35.1 Å². The molecular weight excluding hydrogens is 652 g/mol. The maximum atomic E-state index is 14.7. The monoisotopic (exact) mass is 690 g/mol. The summed E-state index contributed by atoms with van der Waals surface area (Å²) < 4.78 is 18.2. The number of nitrogens with zero attached hydrogens (tertiary/aromatic N) is 6. The zero-order chi connectivity index (χ0) is 34.8. The van der Waals surface area contributed by atoms with Crippen LogP contribution in [0.1, 0.15) is 50.4 Å². The van der Waals surface area contributed by atoms with Gasteiger partial charge in [-0.25, -0.2) is 13.9 Å². The highest BCUT2D eigenvalue weighted by molar-refractivity contribution is 7.99. The van der Waals surface area contributed by atoms with E-state index in [2.05, 4.69) is 58.6 Å². The Morgan fingerprint density at radius 3 is 2.60 bits per heavy atom. The molecule has 2 amide bonds. The summed E-state index contributed by atoms with van der Waals surface area (Å²) in [6, 6.07) is 25.4. The van der Waals surface area contributed by atoms with Crippen molar-refractivity contribution in [3.63, 3.8) is 0 Å². The fraction of sp³-hybridized carbons (Fsp3) is 0.263. The van der Waals surface area contributed by atoms with Crippen LogP contribution in [0, 0.1) is 5.82 Å². The number of fused-ring (bicyclic) bond motifs is 1. The minimum absolute atomic E-state index is 0.0598. The first-order chi connectivity index (χ1) is 24.1. The lowest BCUT2D eigenvalue weighted by Crippen LogP contribution is -2.29. The molecule has 3 aromatic heterocycles. The lowest BCUT2D eigenvalue weighted by Gasteiger charge is -2.16. The molecule has 1 aliphatic rings. The van der Waals surface area contributed by atoms with E-state index in [4.69, 9.17) is 5.10 Å². The van der Waals surface area contributed by atoms with E-state index >= 15 is 0 Å². The number of rotatable bonds is 9. The second kappa shape index (κ2) is 14.0. The topological polar surface area (TPSA) is 113 Å². The molecule has 0 unspecified atom stereocenters. The number of phenols is 1. The lowest BCUT2D eigenvalue weighted by molar-refractivity contribution is 0.251. The fourth-order valence-electron chi connectivity index (χ4n) is 6.03. The van der Waals surface area contributed by atoms with E-state index < -0.39 is 5.82 Å². The van der Waals surface area contributed by atoms with E-state index in [0.29, 0.717) is 11.5 Å². The quantitative estimate of drug-likeness (QED) is 0.142. The van der Waals surface area contributed by atoms with Crippen molar-refractivity contribution < 1.29 is 14.3 Å². The summed E-state index contributed by atoms with van der Waals surface area (Å²) in [5, 5.41) is 29.3. The Morgan fingerprint density at radius 1 is 0.960 bits per heavy atom. The van der Waals surface area contributed by atoms with Crippen LogP contribution in [0.2, 0.25) is 0 Å². The Labute approximate surface area is 294 Å². The third-order valence-corrected chi connectivity index (χ3v) is 9.78. The normalized spacial score (nSPS) is 13.6. The number of amides is 2. The summed E-state index contributed by atoms with van der Waals surface area (Å²) in [5.41, 5.74) is 4.40. The fourth-order valence-corrected chi connectivity index (χ4v) is 7.00. The molecule has 256 valence electrons. The Kier molecular flexibility index (Phi) is 9.30. The van der Waals surface area contributed by atoms with Crippen LogP contribution in [0.25, 0.3) is 22.7 Å². The lowest BCUT2D eigenvalue weighted by atomic mass is 9.92. The van der Waals surface area contributed by atoms with Gasteiger partial charge >= 0.3 is 6.03 Å². The van der Waals surface area contributed by atoms with Crippen LogP contribution in [0.4, 0.5) is 15.0 Å². The molecular formula is C38H39FN8O2S. The van der Waals surface area contributed by atoms with Gasteiger partial charge in [-0.05, 0) is 85.6 Å². The Hall–Kier alpha value is -5.20. The van der Waals surface area contributed by atoms with Gasteiger partial charge in [-0.15, -0.1) is 10.2 Å². The number of likely N-dealkylation sites (tertiary alicyclic amines) is 1. The molecule has 0 radical (unpaired) electrons. The number of carbonyl (C=O) groups excluding carboxylic acids is 1. The summed E-state index contributed by atoms with van der Waals surface area (Å²) in [5.74, 6) is 0.313. The first kappa shape index (κ1) is 33.3.